The van der Waals surface area contributed by atoms with E-state index in [9.17, 15) is 0 Å². The van der Waals surface area contributed by atoms with Gasteiger partial charge in [0, 0.05) is 35.9 Å². The van der Waals surface area contributed by atoms with Gasteiger partial charge in [-0.1, -0.05) is 6.92 Å². The number of pyridine rings is 1. The van der Waals surface area contributed by atoms with Crippen molar-refractivity contribution in [3.05, 3.63) is 35.5 Å². The Bertz CT molecular complexity index is 791. The lowest BCUT2D eigenvalue weighted by molar-refractivity contribution is 0.942. The van der Waals surface area contributed by atoms with Crippen LogP contribution in [0, 0.1) is 0 Å². The zero-order valence-corrected chi connectivity index (χ0v) is 13.4. The maximum atomic E-state index is 4.88. The highest BCUT2D eigenvalue weighted by Gasteiger charge is 2.20. The number of nitrogens with zero attached hydrogens (tertiary/aromatic N) is 4. The molecular formula is C17H18N4S. The Balaban J connectivity index is 1.91. The van der Waals surface area contributed by atoms with Gasteiger partial charge >= 0.3 is 0 Å². The standard InChI is InChI=1S/C17H18N4S/c1-2-13-10-14-16(21-8-3-4-9-21)19-15(20-17(14)22-13)12-6-5-7-18-11-12/h5-7,10-11H,2-4,8-9H2,1H3. The minimum absolute atomic E-state index is 0.784. The normalized spacial score (nSPS) is 14.9. The van der Waals surface area contributed by atoms with Gasteiger partial charge < -0.3 is 4.90 Å². The van der Waals surface area contributed by atoms with E-state index in [-0.39, 0.29) is 0 Å². The monoisotopic (exact) mass is 310 g/mol. The topological polar surface area (TPSA) is 41.9 Å². The van der Waals surface area contributed by atoms with Gasteiger partial charge in [-0.05, 0) is 37.5 Å². The van der Waals surface area contributed by atoms with E-state index in [0.29, 0.717) is 0 Å². The fourth-order valence-corrected chi connectivity index (χ4v) is 3.89. The summed E-state index contributed by atoms with van der Waals surface area (Å²) in [4.78, 5) is 18.7. The Hall–Kier alpha value is -2.01. The molecule has 0 saturated carbocycles. The van der Waals surface area contributed by atoms with Crippen molar-refractivity contribution in [3.63, 3.8) is 0 Å². The van der Waals surface area contributed by atoms with Gasteiger partial charge in [-0.15, -0.1) is 11.3 Å². The number of hydrogen-bond donors (Lipinski definition) is 0. The molecule has 5 heteroatoms. The fourth-order valence-electron chi connectivity index (χ4n) is 2.92. The van der Waals surface area contributed by atoms with E-state index in [4.69, 9.17) is 9.97 Å². The summed E-state index contributed by atoms with van der Waals surface area (Å²) in [6.45, 7) is 4.38. The predicted octanol–water partition coefficient (Wildman–Crippen LogP) is 3.92. The first-order valence-electron chi connectivity index (χ1n) is 7.81. The Morgan fingerprint density at radius 1 is 1.23 bits per heavy atom. The first kappa shape index (κ1) is 13.6. The third-order valence-electron chi connectivity index (χ3n) is 4.10. The van der Waals surface area contributed by atoms with E-state index in [1.807, 2.05) is 18.3 Å². The fraction of sp³-hybridized carbons (Fsp3) is 0.353. The van der Waals surface area contributed by atoms with Gasteiger partial charge in [0.2, 0.25) is 0 Å². The molecule has 0 amide bonds. The average Bonchev–Trinajstić information content (AvgIpc) is 3.23. The van der Waals surface area contributed by atoms with Crippen LogP contribution in [0.3, 0.4) is 0 Å². The van der Waals surface area contributed by atoms with E-state index < -0.39 is 0 Å². The van der Waals surface area contributed by atoms with Crippen LogP contribution in [0.1, 0.15) is 24.6 Å². The summed E-state index contributed by atoms with van der Waals surface area (Å²) in [5.41, 5.74) is 0.983. The molecule has 0 aliphatic carbocycles. The van der Waals surface area contributed by atoms with E-state index >= 15 is 0 Å². The summed E-state index contributed by atoms with van der Waals surface area (Å²) < 4.78 is 0. The second-order valence-electron chi connectivity index (χ2n) is 5.59. The van der Waals surface area contributed by atoms with Crippen molar-refractivity contribution in [1.29, 1.82) is 0 Å². The average molecular weight is 310 g/mol. The number of fused-ring (bicyclic) bond motifs is 1. The second-order valence-corrected chi connectivity index (χ2v) is 6.71. The zero-order chi connectivity index (χ0) is 14.9. The molecule has 0 atom stereocenters. The van der Waals surface area contributed by atoms with Crippen molar-refractivity contribution in [2.75, 3.05) is 18.0 Å². The third-order valence-corrected chi connectivity index (χ3v) is 5.27. The lowest BCUT2D eigenvalue weighted by Crippen LogP contribution is -2.19. The molecule has 0 spiro atoms. The van der Waals surface area contributed by atoms with Crippen molar-refractivity contribution in [2.24, 2.45) is 0 Å². The summed E-state index contributed by atoms with van der Waals surface area (Å²) in [5, 5.41) is 1.20. The smallest absolute Gasteiger partial charge is 0.164 e. The van der Waals surface area contributed by atoms with Crippen molar-refractivity contribution in [1.82, 2.24) is 15.0 Å². The SMILES string of the molecule is CCc1cc2c(N3CCCC3)nc(-c3cccnc3)nc2s1. The van der Waals surface area contributed by atoms with Crippen LogP contribution in [-0.2, 0) is 6.42 Å². The van der Waals surface area contributed by atoms with Crippen LogP contribution in [0.25, 0.3) is 21.6 Å². The molecule has 3 aromatic heterocycles. The number of rotatable bonds is 3. The quantitative estimate of drug-likeness (QED) is 0.735. The van der Waals surface area contributed by atoms with Crippen LogP contribution in [0.15, 0.2) is 30.6 Å². The molecule has 0 radical (unpaired) electrons. The van der Waals surface area contributed by atoms with E-state index in [0.717, 1.165) is 41.5 Å². The molecule has 0 unspecified atom stereocenters. The molecule has 0 N–H and O–H groups in total. The van der Waals surface area contributed by atoms with Crippen LogP contribution >= 0.6 is 11.3 Å². The molecule has 4 rings (SSSR count). The molecule has 1 saturated heterocycles. The van der Waals surface area contributed by atoms with Crippen LogP contribution in [0.4, 0.5) is 5.82 Å². The van der Waals surface area contributed by atoms with Crippen LogP contribution in [0.5, 0.6) is 0 Å². The van der Waals surface area contributed by atoms with Crippen LogP contribution < -0.4 is 4.90 Å². The molecule has 22 heavy (non-hydrogen) atoms. The Morgan fingerprint density at radius 2 is 2.09 bits per heavy atom. The molecule has 0 bridgehead atoms. The summed E-state index contributed by atoms with van der Waals surface area (Å²) in [7, 11) is 0. The molecule has 0 aromatic carbocycles. The maximum Gasteiger partial charge on any atom is 0.164 e. The zero-order valence-electron chi connectivity index (χ0n) is 12.6. The van der Waals surface area contributed by atoms with E-state index in [2.05, 4.69) is 22.9 Å². The largest absolute Gasteiger partial charge is 0.356 e. The van der Waals surface area contributed by atoms with Gasteiger partial charge in [-0.2, -0.15) is 0 Å². The third kappa shape index (κ3) is 2.35. The molecule has 4 nitrogen and oxygen atoms in total. The lowest BCUT2D eigenvalue weighted by atomic mass is 10.2. The van der Waals surface area contributed by atoms with Gasteiger partial charge in [0.1, 0.15) is 10.6 Å². The number of thiophene rings is 1. The van der Waals surface area contributed by atoms with Gasteiger partial charge in [-0.3, -0.25) is 4.98 Å². The first-order chi connectivity index (χ1) is 10.8. The summed E-state index contributed by atoms with van der Waals surface area (Å²) in [6.07, 6.45) is 7.16. The number of hydrogen-bond acceptors (Lipinski definition) is 5. The molecule has 1 aliphatic heterocycles. The van der Waals surface area contributed by atoms with Gasteiger partial charge in [0.05, 0.1) is 5.39 Å². The highest BCUT2D eigenvalue weighted by molar-refractivity contribution is 7.18. The Labute approximate surface area is 133 Å². The minimum Gasteiger partial charge on any atom is -0.356 e. The van der Waals surface area contributed by atoms with Gasteiger partial charge in [0.25, 0.3) is 0 Å². The first-order valence-corrected chi connectivity index (χ1v) is 8.62. The van der Waals surface area contributed by atoms with Crippen molar-refractivity contribution < 1.29 is 0 Å². The summed E-state index contributed by atoms with van der Waals surface area (Å²) in [6, 6.07) is 6.22. The lowest BCUT2D eigenvalue weighted by Gasteiger charge is -2.18. The Kier molecular flexibility index (Phi) is 3.50. The molecule has 1 fully saturated rings. The van der Waals surface area contributed by atoms with Crippen molar-refractivity contribution in [2.45, 2.75) is 26.2 Å². The molecule has 4 heterocycles. The Morgan fingerprint density at radius 3 is 2.82 bits per heavy atom. The second kappa shape index (κ2) is 5.65. The molecule has 3 aromatic rings. The van der Waals surface area contributed by atoms with E-state index in [1.165, 1.54) is 23.1 Å². The maximum absolute atomic E-state index is 4.88. The summed E-state index contributed by atoms with van der Waals surface area (Å²) >= 11 is 1.78. The van der Waals surface area contributed by atoms with Crippen molar-refractivity contribution >= 4 is 27.4 Å². The molecule has 112 valence electrons. The molecule has 1 aliphatic rings. The van der Waals surface area contributed by atoms with E-state index in [1.54, 1.807) is 17.5 Å². The molecular weight excluding hydrogens is 292 g/mol. The van der Waals surface area contributed by atoms with Crippen LogP contribution in [0.2, 0.25) is 0 Å². The minimum atomic E-state index is 0.784. The van der Waals surface area contributed by atoms with Crippen molar-refractivity contribution in [3.8, 4) is 11.4 Å². The number of aromatic nitrogens is 3. The highest BCUT2D eigenvalue weighted by Crippen LogP contribution is 2.34. The highest BCUT2D eigenvalue weighted by atomic mass is 32.1. The van der Waals surface area contributed by atoms with Gasteiger partial charge in [0.15, 0.2) is 5.82 Å². The number of aryl methyl sites for hydroxylation is 1. The number of anilines is 1. The van der Waals surface area contributed by atoms with Gasteiger partial charge in [-0.25, -0.2) is 9.97 Å². The predicted molar refractivity (Wildman–Crippen MR) is 91.5 cm³/mol. The summed E-state index contributed by atoms with van der Waals surface area (Å²) in [5.74, 6) is 1.88. The van der Waals surface area contributed by atoms with Crippen LogP contribution in [-0.4, -0.2) is 28.0 Å².